The molecule has 1 atom stereocenters. The summed E-state index contributed by atoms with van der Waals surface area (Å²) in [7, 11) is 0. The molecule has 1 unspecified atom stereocenters. The molecule has 0 amide bonds. The van der Waals surface area contributed by atoms with Gasteiger partial charge in [0.15, 0.2) is 0 Å². The third kappa shape index (κ3) is 4.76. The van der Waals surface area contributed by atoms with Crippen LogP contribution in [0.15, 0.2) is 188 Å². The standard InChI is InChI=1S/C50H34N6/c1-5-15-45-41(11-1)42-12-2-6-16-46(42)55(45)39-25-33(23-35(27-39)37-29-49-51-19-9-21-53(49)31-37)34-24-36(38-30-50-52-20-10-22-54(50)32-38)28-40(26-34)56-47-17-7-3-13-43(47)44-14-4-8-18-48(44)56/h1-29,31-32,50H,30H2. The largest absolute Gasteiger partial charge is 0.331 e. The van der Waals surface area contributed by atoms with Gasteiger partial charge < -0.3 is 18.4 Å². The van der Waals surface area contributed by atoms with Crippen molar-refractivity contribution in [2.45, 2.75) is 12.6 Å². The van der Waals surface area contributed by atoms with Crippen molar-refractivity contribution in [2.75, 3.05) is 0 Å². The zero-order valence-electron chi connectivity index (χ0n) is 30.4. The maximum absolute atomic E-state index is 4.80. The molecule has 4 aromatic heterocycles. The summed E-state index contributed by atoms with van der Waals surface area (Å²) in [5.41, 5.74) is 14.9. The van der Waals surface area contributed by atoms with Gasteiger partial charge in [-0.25, -0.2) is 4.98 Å². The second-order valence-electron chi connectivity index (χ2n) is 14.8. The molecule has 0 saturated carbocycles. The zero-order chi connectivity index (χ0) is 36.7. The Morgan fingerprint density at radius 3 is 1.59 bits per heavy atom. The predicted molar refractivity (Wildman–Crippen MR) is 231 cm³/mol. The van der Waals surface area contributed by atoms with Gasteiger partial charge in [0.25, 0.3) is 0 Å². The second-order valence-corrected chi connectivity index (χ2v) is 14.8. The number of aliphatic imine (C=N–C) groups is 1. The number of fused-ring (bicyclic) bond motifs is 8. The van der Waals surface area contributed by atoms with Crippen molar-refractivity contribution >= 4 is 61.0 Å². The Balaban J connectivity index is 1.14. The highest BCUT2D eigenvalue weighted by molar-refractivity contribution is 6.10. The van der Waals surface area contributed by atoms with Gasteiger partial charge in [0, 0.05) is 82.1 Å². The first-order valence-corrected chi connectivity index (χ1v) is 19.1. The number of hydrogen-bond acceptors (Lipinski definition) is 3. The maximum Gasteiger partial charge on any atom is 0.137 e. The fourth-order valence-electron chi connectivity index (χ4n) is 9.04. The lowest BCUT2D eigenvalue weighted by atomic mass is 9.94. The molecule has 6 aromatic carbocycles. The number of para-hydroxylation sites is 4. The van der Waals surface area contributed by atoms with Crippen molar-refractivity contribution < 1.29 is 0 Å². The van der Waals surface area contributed by atoms with Gasteiger partial charge in [0.05, 0.1) is 22.1 Å². The molecule has 10 aromatic rings. The fourth-order valence-corrected chi connectivity index (χ4v) is 9.04. The molecular formula is C50H34N6. The SMILES string of the molecule is C1=CN2C=C(c3cc(-c4cc(-c5cc6ncccn6c5)cc(-n5c6ccccc6c6ccccc65)c4)cc(-n4c5ccccc5c5ccccc54)c3)CC2N=C1. The van der Waals surface area contributed by atoms with E-state index < -0.39 is 0 Å². The number of benzene rings is 6. The normalized spacial score (nSPS) is 15.2. The highest BCUT2D eigenvalue weighted by atomic mass is 15.2. The minimum atomic E-state index is 0.0816. The van der Waals surface area contributed by atoms with E-state index in [1.54, 1.807) is 0 Å². The molecule has 0 aliphatic carbocycles. The zero-order valence-corrected chi connectivity index (χ0v) is 30.4. The summed E-state index contributed by atoms with van der Waals surface area (Å²) in [4.78, 5) is 11.7. The van der Waals surface area contributed by atoms with Gasteiger partial charge >= 0.3 is 0 Å². The number of aromatic nitrogens is 4. The Bertz CT molecular complexity index is 3170. The first-order valence-electron chi connectivity index (χ1n) is 19.1. The van der Waals surface area contributed by atoms with Crippen LogP contribution in [0.1, 0.15) is 12.0 Å². The Labute approximate surface area is 322 Å². The average Bonchev–Trinajstić information content (AvgIpc) is 4.04. The van der Waals surface area contributed by atoms with Crippen molar-refractivity contribution in [1.82, 2.24) is 23.4 Å². The molecule has 0 fully saturated rings. The average molecular weight is 719 g/mol. The van der Waals surface area contributed by atoms with Crippen LogP contribution < -0.4 is 0 Å². The molecule has 0 radical (unpaired) electrons. The van der Waals surface area contributed by atoms with Crippen molar-refractivity contribution in [3.8, 4) is 33.6 Å². The lowest BCUT2D eigenvalue weighted by Crippen LogP contribution is -2.21. The van der Waals surface area contributed by atoms with E-state index in [-0.39, 0.29) is 6.17 Å². The van der Waals surface area contributed by atoms with Crippen molar-refractivity contribution in [1.29, 1.82) is 0 Å². The van der Waals surface area contributed by atoms with E-state index in [4.69, 9.17) is 4.99 Å². The van der Waals surface area contributed by atoms with Crippen molar-refractivity contribution in [2.24, 2.45) is 4.99 Å². The van der Waals surface area contributed by atoms with Crippen LogP contribution in [0.3, 0.4) is 0 Å². The van der Waals surface area contributed by atoms with E-state index in [0.717, 1.165) is 45.7 Å². The molecule has 0 N–H and O–H groups in total. The summed E-state index contributed by atoms with van der Waals surface area (Å²) in [5.74, 6) is 0. The summed E-state index contributed by atoms with van der Waals surface area (Å²) in [6.45, 7) is 0. The molecule has 2 aliphatic rings. The van der Waals surface area contributed by atoms with Gasteiger partial charge in [-0.3, -0.25) is 4.99 Å². The minimum Gasteiger partial charge on any atom is -0.331 e. The van der Waals surface area contributed by atoms with Crippen molar-refractivity contribution in [3.63, 3.8) is 0 Å². The molecule has 264 valence electrons. The number of hydrogen-bond donors (Lipinski definition) is 0. The lowest BCUT2D eigenvalue weighted by Gasteiger charge is -2.19. The van der Waals surface area contributed by atoms with E-state index in [0.29, 0.717) is 0 Å². The number of allylic oxidation sites excluding steroid dienone is 1. The van der Waals surface area contributed by atoms with Gasteiger partial charge in [0.2, 0.25) is 0 Å². The highest BCUT2D eigenvalue weighted by Gasteiger charge is 2.25. The maximum atomic E-state index is 4.80. The summed E-state index contributed by atoms with van der Waals surface area (Å²) < 4.78 is 6.95. The van der Waals surface area contributed by atoms with Crippen LogP contribution in [0, 0.1) is 0 Å². The Morgan fingerprint density at radius 2 is 1.04 bits per heavy atom. The van der Waals surface area contributed by atoms with E-state index >= 15 is 0 Å². The van der Waals surface area contributed by atoms with E-state index in [9.17, 15) is 0 Å². The highest BCUT2D eigenvalue weighted by Crippen LogP contribution is 2.41. The lowest BCUT2D eigenvalue weighted by molar-refractivity contribution is 0.406. The second kappa shape index (κ2) is 12.0. The number of rotatable bonds is 5. The van der Waals surface area contributed by atoms with E-state index in [2.05, 4.69) is 188 Å². The van der Waals surface area contributed by atoms with Crippen LogP contribution in [0.4, 0.5) is 0 Å². The molecule has 12 rings (SSSR count). The Morgan fingerprint density at radius 1 is 0.518 bits per heavy atom. The Hall–Kier alpha value is -7.44. The topological polar surface area (TPSA) is 42.8 Å². The van der Waals surface area contributed by atoms with Gasteiger partial charge in [-0.15, -0.1) is 0 Å². The van der Waals surface area contributed by atoms with Crippen LogP contribution in [0.2, 0.25) is 0 Å². The molecular weight excluding hydrogens is 685 g/mol. The molecule has 0 bridgehead atoms. The molecule has 0 saturated heterocycles. The summed E-state index contributed by atoms with van der Waals surface area (Å²) >= 11 is 0. The first kappa shape index (κ1) is 31.0. The van der Waals surface area contributed by atoms with E-state index in [1.807, 2.05) is 24.6 Å². The summed E-state index contributed by atoms with van der Waals surface area (Å²) in [5, 5.41) is 4.98. The smallest absolute Gasteiger partial charge is 0.137 e. The Kier molecular flexibility index (Phi) is 6.65. The van der Waals surface area contributed by atoms with Crippen LogP contribution >= 0.6 is 0 Å². The van der Waals surface area contributed by atoms with Crippen molar-refractivity contribution in [3.05, 3.63) is 188 Å². The third-order valence-electron chi connectivity index (χ3n) is 11.6. The van der Waals surface area contributed by atoms with Crippen LogP contribution in [0.5, 0.6) is 0 Å². The van der Waals surface area contributed by atoms with Crippen LogP contribution in [-0.4, -0.2) is 35.8 Å². The first-order chi connectivity index (χ1) is 27.7. The molecule has 0 spiro atoms. The van der Waals surface area contributed by atoms with Gasteiger partial charge in [-0.2, -0.15) is 0 Å². The van der Waals surface area contributed by atoms with Crippen LogP contribution in [-0.2, 0) is 0 Å². The molecule has 6 heterocycles. The van der Waals surface area contributed by atoms with Crippen LogP contribution in [0.25, 0.3) is 88.5 Å². The minimum absolute atomic E-state index is 0.0816. The molecule has 6 heteroatoms. The molecule has 6 nitrogen and oxygen atoms in total. The molecule has 2 aliphatic heterocycles. The molecule has 56 heavy (non-hydrogen) atoms. The predicted octanol–water partition coefficient (Wildman–Crippen LogP) is 11.8. The van der Waals surface area contributed by atoms with Gasteiger partial charge in [0.1, 0.15) is 11.8 Å². The van der Waals surface area contributed by atoms with Gasteiger partial charge in [-0.05, 0) is 107 Å². The van der Waals surface area contributed by atoms with E-state index in [1.165, 1.54) is 54.7 Å². The fraction of sp³-hybridized carbons (Fsp3) is 0.0400. The third-order valence-corrected chi connectivity index (χ3v) is 11.6. The summed E-state index contributed by atoms with van der Waals surface area (Å²) in [6.07, 6.45) is 15.3. The summed E-state index contributed by atoms with van der Waals surface area (Å²) in [6, 6.07) is 53.3. The monoisotopic (exact) mass is 718 g/mol. The van der Waals surface area contributed by atoms with Gasteiger partial charge in [-0.1, -0.05) is 72.8 Å². The quantitative estimate of drug-likeness (QED) is 0.178. The number of nitrogens with zero attached hydrogens (tertiary/aromatic N) is 6.